The number of fused-ring (bicyclic) bond motifs is 1. The molecule has 2 aromatic rings. The SMILES string of the molecule is Cc1cccc(OC(C)C(=O)NC(C)c2ccc3c(c2)OCCO3)c1. The maximum Gasteiger partial charge on any atom is 0.261 e. The summed E-state index contributed by atoms with van der Waals surface area (Å²) >= 11 is 0. The molecule has 0 radical (unpaired) electrons. The number of amides is 1. The second kappa shape index (κ2) is 7.47. The molecular formula is C20H23NO4. The first-order valence-electron chi connectivity index (χ1n) is 8.46. The molecule has 132 valence electrons. The van der Waals surface area contributed by atoms with Crippen LogP contribution in [-0.4, -0.2) is 25.2 Å². The Balaban J connectivity index is 1.61. The topological polar surface area (TPSA) is 56.8 Å². The average molecular weight is 341 g/mol. The lowest BCUT2D eigenvalue weighted by Gasteiger charge is -2.22. The lowest BCUT2D eigenvalue weighted by atomic mass is 10.1. The summed E-state index contributed by atoms with van der Waals surface area (Å²) in [5, 5.41) is 2.98. The molecule has 2 aromatic carbocycles. The average Bonchev–Trinajstić information content (AvgIpc) is 2.61. The van der Waals surface area contributed by atoms with Gasteiger partial charge in [0.15, 0.2) is 17.6 Å². The van der Waals surface area contributed by atoms with E-state index < -0.39 is 6.10 Å². The molecule has 0 aromatic heterocycles. The van der Waals surface area contributed by atoms with E-state index in [-0.39, 0.29) is 11.9 Å². The van der Waals surface area contributed by atoms with Crippen LogP contribution in [0.5, 0.6) is 17.2 Å². The molecule has 0 bridgehead atoms. The van der Waals surface area contributed by atoms with E-state index in [1.165, 1.54) is 0 Å². The normalized spacial score (nSPS) is 15.2. The quantitative estimate of drug-likeness (QED) is 0.905. The summed E-state index contributed by atoms with van der Waals surface area (Å²) in [4.78, 5) is 12.4. The van der Waals surface area contributed by atoms with Gasteiger partial charge in [0.2, 0.25) is 0 Å². The van der Waals surface area contributed by atoms with Gasteiger partial charge >= 0.3 is 0 Å². The number of carbonyl (C=O) groups excluding carboxylic acids is 1. The Hall–Kier alpha value is -2.69. The zero-order chi connectivity index (χ0) is 17.8. The Bertz CT molecular complexity index is 759. The van der Waals surface area contributed by atoms with Crippen LogP contribution in [0.1, 0.15) is 31.0 Å². The van der Waals surface area contributed by atoms with Crippen LogP contribution in [0.2, 0.25) is 0 Å². The molecule has 2 unspecified atom stereocenters. The molecule has 0 spiro atoms. The van der Waals surface area contributed by atoms with Gasteiger partial charge in [-0.15, -0.1) is 0 Å². The standard InChI is InChI=1S/C20H23NO4/c1-13-5-4-6-17(11-13)25-15(3)20(22)21-14(2)16-7-8-18-19(12-16)24-10-9-23-18/h4-8,11-12,14-15H,9-10H2,1-3H3,(H,21,22). The molecule has 5 nitrogen and oxygen atoms in total. The maximum absolute atomic E-state index is 12.4. The minimum Gasteiger partial charge on any atom is -0.486 e. The third kappa shape index (κ3) is 4.24. The van der Waals surface area contributed by atoms with Crippen molar-refractivity contribution in [3.8, 4) is 17.2 Å². The van der Waals surface area contributed by atoms with Gasteiger partial charge in [0, 0.05) is 0 Å². The fourth-order valence-electron chi connectivity index (χ4n) is 2.69. The molecule has 0 aliphatic carbocycles. The van der Waals surface area contributed by atoms with Gasteiger partial charge in [-0.1, -0.05) is 18.2 Å². The van der Waals surface area contributed by atoms with E-state index in [4.69, 9.17) is 14.2 Å². The van der Waals surface area contributed by atoms with Crippen LogP contribution in [-0.2, 0) is 4.79 Å². The fraction of sp³-hybridized carbons (Fsp3) is 0.350. The summed E-state index contributed by atoms with van der Waals surface area (Å²) in [6.45, 7) is 6.77. The molecule has 0 fully saturated rings. The highest BCUT2D eigenvalue weighted by atomic mass is 16.6. The van der Waals surface area contributed by atoms with Crippen LogP contribution >= 0.6 is 0 Å². The Morgan fingerprint density at radius 2 is 1.84 bits per heavy atom. The molecule has 25 heavy (non-hydrogen) atoms. The van der Waals surface area contributed by atoms with Gasteiger partial charge < -0.3 is 19.5 Å². The zero-order valence-electron chi connectivity index (χ0n) is 14.7. The van der Waals surface area contributed by atoms with Crippen LogP contribution in [0.4, 0.5) is 0 Å². The minimum absolute atomic E-state index is 0.160. The van der Waals surface area contributed by atoms with Gasteiger partial charge in [0.05, 0.1) is 6.04 Å². The number of benzene rings is 2. The second-order valence-electron chi connectivity index (χ2n) is 6.21. The molecule has 1 amide bonds. The first-order chi connectivity index (χ1) is 12.0. The van der Waals surface area contributed by atoms with Crippen molar-refractivity contribution in [2.45, 2.75) is 32.9 Å². The van der Waals surface area contributed by atoms with E-state index >= 15 is 0 Å². The van der Waals surface area contributed by atoms with E-state index in [2.05, 4.69) is 5.32 Å². The Labute approximate surface area is 147 Å². The van der Waals surface area contributed by atoms with Gasteiger partial charge in [0.25, 0.3) is 5.91 Å². The van der Waals surface area contributed by atoms with Crippen LogP contribution in [0.15, 0.2) is 42.5 Å². The van der Waals surface area contributed by atoms with Crippen LogP contribution in [0.3, 0.4) is 0 Å². The van der Waals surface area contributed by atoms with E-state index in [9.17, 15) is 4.79 Å². The number of nitrogens with one attached hydrogen (secondary N) is 1. The van der Waals surface area contributed by atoms with Crippen LogP contribution < -0.4 is 19.5 Å². The van der Waals surface area contributed by atoms with Crippen LogP contribution in [0, 0.1) is 6.92 Å². The summed E-state index contributed by atoms with van der Waals surface area (Å²) in [6.07, 6.45) is -0.582. The molecule has 1 heterocycles. The van der Waals surface area contributed by atoms with E-state index in [0.29, 0.717) is 24.7 Å². The number of carbonyl (C=O) groups is 1. The number of hydrogen-bond donors (Lipinski definition) is 1. The van der Waals surface area contributed by atoms with Crippen molar-refractivity contribution in [2.24, 2.45) is 0 Å². The highest BCUT2D eigenvalue weighted by molar-refractivity contribution is 5.81. The van der Waals surface area contributed by atoms with Gasteiger partial charge in [-0.25, -0.2) is 0 Å². The zero-order valence-corrected chi connectivity index (χ0v) is 14.7. The first kappa shape index (κ1) is 17.1. The van der Waals surface area contributed by atoms with Crippen molar-refractivity contribution in [1.82, 2.24) is 5.32 Å². The number of hydrogen-bond acceptors (Lipinski definition) is 4. The van der Waals surface area contributed by atoms with Crippen molar-refractivity contribution in [1.29, 1.82) is 0 Å². The molecule has 5 heteroatoms. The Morgan fingerprint density at radius 1 is 1.08 bits per heavy atom. The van der Waals surface area contributed by atoms with Gasteiger partial charge in [0.1, 0.15) is 19.0 Å². The predicted molar refractivity (Wildman–Crippen MR) is 95.3 cm³/mol. The maximum atomic E-state index is 12.4. The molecule has 2 atom stereocenters. The largest absolute Gasteiger partial charge is 0.486 e. The third-order valence-electron chi connectivity index (χ3n) is 4.10. The number of rotatable bonds is 5. The number of ether oxygens (including phenoxy) is 3. The third-order valence-corrected chi connectivity index (χ3v) is 4.10. The lowest BCUT2D eigenvalue weighted by Crippen LogP contribution is -2.37. The van der Waals surface area contributed by atoms with Crippen molar-refractivity contribution in [2.75, 3.05) is 13.2 Å². The van der Waals surface area contributed by atoms with Gasteiger partial charge in [-0.05, 0) is 56.2 Å². The fourth-order valence-corrected chi connectivity index (χ4v) is 2.69. The molecule has 3 rings (SSSR count). The Morgan fingerprint density at radius 3 is 2.60 bits per heavy atom. The molecule has 0 saturated heterocycles. The second-order valence-corrected chi connectivity index (χ2v) is 6.21. The molecule has 1 aliphatic rings. The summed E-state index contributed by atoms with van der Waals surface area (Å²) < 4.78 is 16.8. The minimum atomic E-state index is -0.582. The molecule has 0 saturated carbocycles. The molecular weight excluding hydrogens is 318 g/mol. The molecule has 1 aliphatic heterocycles. The predicted octanol–water partition coefficient (Wildman–Crippen LogP) is 3.41. The van der Waals surface area contributed by atoms with Crippen molar-refractivity contribution in [3.05, 3.63) is 53.6 Å². The van der Waals surface area contributed by atoms with E-state index in [0.717, 1.165) is 16.9 Å². The molecule has 1 N–H and O–H groups in total. The smallest absolute Gasteiger partial charge is 0.261 e. The lowest BCUT2D eigenvalue weighted by molar-refractivity contribution is -0.127. The highest BCUT2D eigenvalue weighted by Crippen LogP contribution is 2.32. The monoisotopic (exact) mass is 341 g/mol. The summed E-state index contributed by atoms with van der Waals surface area (Å²) in [5.74, 6) is 1.98. The highest BCUT2D eigenvalue weighted by Gasteiger charge is 2.19. The van der Waals surface area contributed by atoms with E-state index in [1.807, 2.05) is 56.3 Å². The van der Waals surface area contributed by atoms with E-state index in [1.54, 1.807) is 6.92 Å². The van der Waals surface area contributed by atoms with Gasteiger partial charge in [-0.3, -0.25) is 4.79 Å². The van der Waals surface area contributed by atoms with Crippen molar-refractivity contribution < 1.29 is 19.0 Å². The Kier molecular flexibility index (Phi) is 5.12. The number of aryl methyl sites for hydroxylation is 1. The summed E-state index contributed by atoms with van der Waals surface area (Å²) in [6, 6.07) is 13.2. The summed E-state index contributed by atoms with van der Waals surface area (Å²) in [7, 11) is 0. The first-order valence-corrected chi connectivity index (χ1v) is 8.46. The summed E-state index contributed by atoms with van der Waals surface area (Å²) in [5.41, 5.74) is 2.05. The van der Waals surface area contributed by atoms with Crippen molar-refractivity contribution >= 4 is 5.91 Å². The van der Waals surface area contributed by atoms with Crippen LogP contribution in [0.25, 0.3) is 0 Å². The van der Waals surface area contributed by atoms with Gasteiger partial charge in [-0.2, -0.15) is 0 Å². The van der Waals surface area contributed by atoms with Crippen molar-refractivity contribution in [3.63, 3.8) is 0 Å².